The predicted octanol–water partition coefficient (Wildman–Crippen LogP) is 2.39. The minimum Gasteiger partial charge on any atom is -0.260 e. The first-order valence-corrected chi connectivity index (χ1v) is 4.01. The molecule has 0 aromatic carbocycles. The van der Waals surface area contributed by atoms with E-state index in [9.17, 15) is 0 Å². The van der Waals surface area contributed by atoms with Crippen molar-refractivity contribution in [3.8, 4) is 6.07 Å². The molecule has 2 heteroatoms. The van der Waals surface area contributed by atoms with E-state index < -0.39 is 0 Å². The summed E-state index contributed by atoms with van der Waals surface area (Å²) in [6, 6.07) is 4.07. The van der Waals surface area contributed by atoms with Crippen LogP contribution in [0.5, 0.6) is 0 Å². The van der Waals surface area contributed by atoms with E-state index in [-0.39, 0.29) is 0 Å². The largest absolute Gasteiger partial charge is 0.260 e. The second kappa shape index (κ2) is 3.36. The summed E-state index contributed by atoms with van der Waals surface area (Å²) in [6.07, 6.45) is 1.64. The highest BCUT2D eigenvalue weighted by Gasteiger charge is 2.03. The maximum atomic E-state index is 8.66. The van der Waals surface area contributed by atoms with Crippen molar-refractivity contribution in [3.05, 3.63) is 29.1 Å². The fourth-order valence-electron chi connectivity index (χ4n) is 1.01. The fourth-order valence-corrected chi connectivity index (χ4v) is 1.01. The average molecular weight is 160 g/mol. The summed E-state index contributed by atoms with van der Waals surface area (Å²) < 4.78 is 0. The molecule has 0 N–H and O–H groups in total. The van der Waals surface area contributed by atoms with Gasteiger partial charge in [0.2, 0.25) is 0 Å². The van der Waals surface area contributed by atoms with Crippen molar-refractivity contribution in [1.29, 1.82) is 5.26 Å². The SMILES string of the molecule is Cc1cc(C(C)C)ncc1C#N. The molecule has 0 radical (unpaired) electrons. The Labute approximate surface area is 72.9 Å². The molecule has 1 rings (SSSR count). The van der Waals surface area contributed by atoms with Crippen LogP contribution in [0.2, 0.25) is 0 Å². The molecule has 0 aliphatic rings. The third-order valence-corrected chi connectivity index (χ3v) is 1.84. The van der Waals surface area contributed by atoms with Crippen molar-refractivity contribution in [2.24, 2.45) is 0 Å². The van der Waals surface area contributed by atoms with Crippen LogP contribution in [-0.2, 0) is 0 Å². The van der Waals surface area contributed by atoms with E-state index in [1.165, 1.54) is 0 Å². The highest BCUT2D eigenvalue weighted by molar-refractivity contribution is 5.35. The van der Waals surface area contributed by atoms with Gasteiger partial charge in [0.25, 0.3) is 0 Å². The summed E-state index contributed by atoms with van der Waals surface area (Å²) in [5.74, 6) is 0.427. The van der Waals surface area contributed by atoms with Gasteiger partial charge in [0.15, 0.2) is 0 Å². The molecule has 0 bridgehead atoms. The van der Waals surface area contributed by atoms with Crippen LogP contribution < -0.4 is 0 Å². The first-order valence-electron chi connectivity index (χ1n) is 4.01. The van der Waals surface area contributed by atoms with Gasteiger partial charge < -0.3 is 0 Å². The Morgan fingerprint density at radius 1 is 1.50 bits per heavy atom. The van der Waals surface area contributed by atoms with Gasteiger partial charge in [-0.25, -0.2) is 0 Å². The zero-order chi connectivity index (χ0) is 9.14. The molecule has 1 heterocycles. The van der Waals surface area contributed by atoms with Crippen LogP contribution in [0, 0.1) is 18.3 Å². The van der Waals surface area contributed by atoms with E-state index in [4.69, 9.17) is 5.26 Å². The quantitative estimate of drug-likeness (QED) is 0.632. The summed E-state index contributed by atoms with van der Waals surface area (Å²) in [7, 11) is 0. The summed E-state index contributed by atoms with van der Waals surface area (Å²) in [6.45, 7) is 6.12. The summed E-state index contributed by atoms with van der Waals surface area (Å²) in [5.41, 5.74) is 2.72. The molecule has 0 spiro atoms. The number of pyridine rings is 1. The van der Waals surface area contributed by atoms with E-state index in [2.05, 4.69) is 24.9 Å². The lowest BCUT2D eigenvalue weighted by atomic mass is 10.1. The number of rotatable bonds is 1. The number of hydrogen-bond acceptors (Lipinski definition) is 2. The van der Waals surface area contributed by atoms with Gasteiger partial charge in [-0.05, 0) is 24.5 Å². The molecule has 0 atom stereocenters. The molecule has 1 aromatic heterocycles. The number of hydrogen-bond donors (Lipinski definition) is 0. The van der Waals surface area contributed by atoms with Gasteiger partial charge in [-0.3, -0.25) is 4.98 Å². The Balaban J connectivity index is 3.12. The van der Waals surface area contributed by atoms with Gasteiger partial charge in [0.05, 0.1) is 5.56 Å². The first-order chi connectivity index (χ1) is 5.65. The molecule has 12 heavy (non-hydrogen) atoms. The highest BCUT2D eigenvalue weighted by Crippen LogP contribution is 2.14. The summed E-state index contributed by atoms with van der Waals surface area (Å²) in [5, 5.41) is 8.66. The average Bonchev–Trinajstić information content (AvgIpc) is 2.04. The summed E-state index contributed by atoms with van der Waals surface area (Å²) >= 11 is 0. The van der Waals surface area contributed by atoms with Crippen molar-refractivity contribution < 1.29 is 0 Å². The smallest absolute Gasteiger partial charge is 0.101 e. The van der Waals surface area contributed by atoms with Crippen molar-refractivity contribution in [1.82, 2.24) is 4.98 Å². The second-order valence-electron chi connectivity index (χ2n) is 3.19. The Hall–Kier alpha value is -1.36. The fraction of sp³-hybridized carbons (Fsp3) is 0.400. The zero-order valence-electron chi connectivity index (χ0n) is 7.63. The maximum absolute atomic E-state index is 8.66. The van der Waals surface area contributed by atoms with E-state index in [0.29, 0.717) is 11.5 Å². The summed E-state index contributed by atoms with van der Waals surface area (Å²) in [4.78, 5) is 4.19. The van der Waals surface area contributed by atoms with Gasteiger partial charge in [0, 0.05) is 11.9 Å². The predicted molar refractivity (Wildman–Crippen MR) is 47.8 cm³/mol. The zero-order valence-corrected chi connectivity index (χ0v) is 7.63. The Kier molecular flexibility index (Phi) is 2.44. The molecular weight excluding hydrogens is 148 g/mol. The molecule has 0 amide bonds. The van der Waals surface area contributed by atoms with Gasteiger partial charge >= 0.3 is 0 Å². The molecule has 0 aliphatic carbocycles. The third kappa shape index (κ3) is 1.62. The lowest BCUT2D eigenvalue weighted by Gasteiger charge is -2.05. The molecule has 0 saturated heterocycles. The van der Waals surface area contributed by atoms with E-state index in [0.717, 1.165) is 11.3 Å². The van der Waals surface area contributed by atoms with Gasteiger partial charge in [-0.2, -0.15) is 5.26 Å². The Bertz CT molecular complexity index is 321. The van der Waals surface area contributed by atoms with Crippen LogP contribution in [0.25, 0.3) is 0 Å². The lowest BCUT2D eigenvalue weighted by Crippen LogP contribution is -1.94. The van der Waals surface area contributed by atoms with Crippen molar-refractivity contribution in [2.75, 3.05) is 0 Å². The van der Waals surface area contributed by atoms with Gasteiger partial charge in [-0.1, -0.05) is 13.8 Å². The molecule has 0 saturated carbocycles. The Morgan fingerprint density at radius 3 is 2.58 bits per heavy atom. The van der Waals surface area contributed by atoms with Crippen LogP contribution >= 0.6 is 0 Å². The van der Waals surface area contributed by atoms with Crippen molar-refractivity contribution >= 4 is 0 Å². The topological polar surface area (TPSA) is 36.7 Å². The van der Waals surface area contributed by atoms with E-state index in [1.54, 1.807) is 6.20 Å². The number of nitriles is 1. The van der Waals surface area contributed by atoms with Gasteiger partial charge in [0.1, 0.15) is 6.07 Å². The monoisotopic (exact) mass is 160 g/mol. The highest BCUT2D eigenvalue weighted by atomic mass is 14.7. The first kappa shape index (κ1) is 8.73. The van der Waals surface area contributed by atoms with Crippen LogP contribution in [0.1, 0.15) is 36.6 Å². The molecule has 62 valence electrons. The van der Waals surface area contributed by atoms with Crippen LogP contribution in [0.15, 0.2) is 12.3 Å². The number of aryl methyl sites for hydroxylation is 1. The minimum absolute atomic E-state index is 0.427. The van der Waals surface area contributed by atoms with Gasteiger partial charge in [-0.15, -0.1) is 0 Å². The maximum Gasteiger partial charge on any atom is 0.101 e. The molecule has 0 fully saturated rings. The normalized spacial score (nSPS) is 9.92. The lowest BCUT2D eigenvalue weighted by molar-refractivity contribution is 0.819. The third-order valence-electron chi connectivity index (χ3n) is 1.84. The van der Waals surface area contributed by atoms with Crippen LogP contribution in [-0.4, -0.2) is 4.98 Å². The minimum atomic E-state index is 0.427. The van der Waals surface area contributed by atoms with Crippen molar-refractivity contribution in [2.45, 2.75) is 26.7 Å². The molecule has 1 aromatic rings. The second-order valence-corrected chi connectivity index (χ2v) is 3.19. The number of aromatic nitrogens is 1. The van der Waals surface area contributed by atoms with Crippen LogP contribution in [0.4, 0.5) is 0 Å². The van der Waals surface area contributed by atoms with E-state index >= 15 is 0 Å². The number of nitrogens with zero attached hydrogens (tertiary/aromatic N) is 2. The standard InChI is InChI=1S/C10H12N2/c1-7(2)10-4-8(3)9(5-11)6-12-10/h4,6-7H,1-3H3. The van der Waals surface area contributed by atoms with Crippen LogP contribution in [0.3, 0.4) is 0 Å². The molecular formula is C10H12N2. The Morgan fingerprint density at radius 2 is 2.17 bits per heavy atom. The molecule has 2 nitrogen and oxygen atoms in total. The van der Waals surface area contributed by atoms with E-state index in [1.807, 2.05) is 13.0 Å². The van der Waals surface area contributed by atoms with Crippen molar-refractivity contribution in [3.63, 3.8) is 0 Å². The molecule has 0 unspecified atom stereocenters. The molecule has 0 aliphatic heterocycles.